The number of nitrogens with one attached hydrogen (secondary N) is 1. The quantitative estimate of drug-likeness (QED) is 0.740. The molecule has 0 spiro atoms. The van der Waals surface area contributed by atoms with Crippen molar-refractivity contribution in [3.8, 4) is 45.6 Å². The predicted molar refractivity (Wildman–Crippen MR) is 95.7 cm³/mol. The van der Waals surface area contributed by atoms with Gasteiger partial charge in [0.25, 0.3) is 0 Å². The van der Waals surface area contributed by atoms with Gasteiger partial charge in [-0.1, -0.05) is 0 Å². The Kier molecular flexibility index (Phi) is 4.79. The molecule has 0 aliphatic rings. The highest BCUT2D eigenvalue weighted by Crippen LogP contribution is 2.34. The molecule has 3 aromatic rings. The second kappa shape index (κ2) is 7.17. The fourth-order valence-corrected chi connectivity index (χ4v) is 2.60. The molecule has 0 saturated heterocycles. The number of aromatic amines is 1. The lowest BCUT2D eigenvalue weighted by Crippen LogP contribution is -1.92. The van der Waals surface area contributed by atoms with Crippen LogP contribution in [0.4, 0.5) is 0 Å². The van der Waals surface area contributed by atoms with Gasteiger partial charge in [0.1, 0.15) is 5.82 Å². The lowest BCUT2D eigenvalue weighted by atomic mass is 10.1. The molecular formula is C19H20N2O4. The first kappa shape index (κ1) is 16.7. The second-order valence-electron chi connectivity index (χ2n) is 5.27. The monoisotopic (exact) mass is 340 g/mol. The summed E-state index contributed by atoms with van der Waals surface area (Å²) in [5, 5.41) is 0. The molecule has 1 heterocycles. The fourth-order valence-electron chi connectivity index (χ4n) is 2.60. The molecule has 130 valence electrons. The van der Waals surface area contributed by atoms with Gasteiger partial charge in [0, 0.05) is 17.3 Å². The largest absolute Gasteiger partial charge is 0.493 e. The van der Waals surface area contributed by atoms with Crippen LogP contribution in [0.15, 0.2) is 42.6 Å². The Hall–Kier alpha value is -3.15. The summed E-state index contributed by atoms with van der Waals surface area (Å²) < 4.78 is 21.2. The van der Waals surface area contributed by atoms with E-state index in [2.05, 4.69) is 9.97 Å². The number of methoxy groups -OCH3 is 4. The molecule has 2 aromatic carbocycles. The third kappa shape index (κ3) is 3.24. The predicted octanol–water partition coefficient (Wildman–Crippen LogP) is 3.78. The smallest absolute Gasteiger partial charge is 0.161 e. The number of imidazole rings is 1. The summed E-state index contributed by atoms with van der Waals surface area (Å²) >= 11 is 0. The van der Waals surface area contributed by atoms with E-state index in [1.165, 1.54) is 0 Å². The van der Waals surface area contributed by atoms with Crippen LogP contribution in [-0.4, -0.2) is 38.4 Å². The molecule has 0 aliphatic carbocycles. The van der Waals surface area contributed by atoms with E-state index >= 15 is 0 Å². The minimum Gasteiger partial charge on any atom is -0.493 e. The molecule has 25 heavy (non-hydrogen) atoms. The van der Waals surface area contributed by atoms with Gasteiger partial charge in [-0.05, 0) is 36.4 Å². The van der Waals surface area contributed by atoms with Gasteiger partial charge in [-0.15, -0.1) is 0 Å². The third-order valence-electron chi connectivity index (χ3n) is 3.91. The summed E-state index contributed by atoms with van der Waals surface area (Å²) in [6, 6.07) is 11.4. The standard InChI is InChI=1S/C19H20N2O4/c1-22-15-7-5-12(9-17(15)24-3)14-11-20-19(21-14)13-6-8-16(23-2)18(10-13)25-4/h5-11H,1-4H3,(H,20,21). The molecule has 0 aliphatic heterocycles. The SMILES string of the molecule is COc1ccc(-c2c[nH]c(-c3ccc(OC)c(OC)c3)n2)cc1OC. The highest BCUT2D eigenvalue weighted by atomic mass is 16.5. The van der Waals surface area contributed by atoms with Crippen molar-refractivity contribution in [1.82, 2.24) is 9.97 Å². The summed E-state index contributed by atoms with van der Waals surface area (Å²) in [7, 11) is 6.45. The Morgan fingerprint density at radius 2 is 1.20 bits per heavy atom. The van der Waals surface area contributed by atoms with Crippen LogP contribution in [0.1, 0.15) is 0 Å². The zero-order valence-corrected chi connectivity index (χ0v) is 14.6. The van der Waals surface area contributed by atoms with E-state index in [0.29, 0.717) is 23.0 Å². The number of ether oxygens (including phenoxy) is 4. The molecule has 1 aromatic heterocycles. The van der Waals surface area contributed by atoms with Crippen LogP contribution < -0.4 is 18.9 Å². The van der Waals surface area contributed by atoms with E-state index in [0.717, 1.165) is 22.6 Å². The van der Waals surface area contributed by atoms with Gasteiger partial charge in [0.15, 0.2) is 23.0 Å². The number of rotatable bonds is 6. The molecule has 6 heteroatoms. The number of hydrogen-bond acceptors (Lipinski definition) is 5. The highest BCUT2D eigenvalue weighted by Gasteiger charge is 2.12. The average Bonchev–Trinajstić information content (AvgIpc) is 3.17. The van der Waals surface area contributed by atoms with Crippen LogP contribution in [0.25, 0.3) is 22.6 Å². The number of benzene rings is 2. The van der Waals surface area contributed by atoms with Gasteiger partial charge < -0.3 is 23.9 Å². The van der Waals surface area contributed by atoms with Gasteiger partial charge in [-0.2, -0.15) is 0 Å². The van der Waals surface area contributed by atoms with E-state index in [1.54, 1.807) is 28.4 Å². The molecule has 0 fully saturated rings. The normalized spacial score (nSPS) is 10.4. The summed E-state index contributed by atoms with van der Waals surface area (Å²) in [6.07, 6.45) is 1.85. The first-order chi connectivity index (χ1) is 12.2. The van der Waals surface area contributed by atoms with Crippen LogP contribution in [0.2, 0.25) is 0 Å². The molecule has 0 bridgehead atoms. The van der Waals surface area contributed by atoms with Gasteiger partial charge in [-0.25, -0.2) is 4.98 Å². The fraction of sp³-hybridized carbons (Fsp3) is 0.211. The number of hydrogen-bond donors (Lipinski definition) is 1. The molecule has 3 rings (SSSR count). The van der Waals surface area contributed by atoms with Crippen molar-refractivity contribution in [2.75, 3.05) is 28.4 Å². The van der Waals surface area contributed by atoms with E-state index in [1.807, 2.05) is 42.6 Å². The topological polar surface area (TPSA) is 65.6 Å². The maximum atomic E-state index is 5.35. The van der Waals surface area contributed by atoms with E-state index in [4.69, 9.17) is 18.9 Å². The summed E-state index contributed by atoms with van der Waals surface area (Å²) in [6.45, 7) is 0. The van der Waals surface area contributed by atoms with Crippen LogP contribution in [0, 0.1) is 0 Å². The first-order valence-corrected chi connectivity index (χ1v) is 7.70. The molecular weight excluding hydrogens is 320 g/mol. The maximum absolute atomic E-state index is 5.35. The van der Waals surface area contributed by atoms with Crippen molar-refractivity contribution in [2.24, 2.45) is 0 Å². The van der Waals surface area contributed by atoms with E-state index in [9.17, 15) is 0 Å². The Bertz CT molecular complexity index is 804. The summed E-state index contributed by atoms with van der Waals surface area (Å²) in [5.41, 5.74) is 2.65. The molecule has 0 unspecified atom stereocenters. The minimum atomic E-state index is 0.657. The van der Waals surface area contributed by atoms with Crippen molar-refractivity contribution in [2.45, 2.75) is 0 Å². The Morgan fingerprint density at radius 3 is 1.76 bits per heavy atom. The van der Waals surface area contributed by atoms with Crippen LogP contribution in [0.5, 0.6) is 23.0 Å². The minimum absolute atomic E-state index is 0.657. The zero-order chi connectivity index (χ0) is 17.8. The van der Waals surface area contributed by atoms with Crippen molar-refractivity contribution in [3.63, 3.8) is 0 Å². The number of nitrogens with zero attached hydrogens (tertiary/aromatic N) is 1. The van der Waals surface area contributed by atoms with Crippen molar-refractivity contribution in [3.05, 3.63) is 42.6 Å². The van der Waals surface area contributed by atoms with Crippen molar-refractivity contribution >= 4 is 0 Å². The lowest BCUT2D eigenvalue weighted by molar-refractivity contribution is 0.355. The molecule has 0 amide bonds. The molecule has 0 saturated carbocycles. The molecule has 6 nitrogen and oxygen atoms in total. The molecule has 0 atom stereocenters. The average molecular weight is 340 g/mol. The van der Waals surface area contributed by atoms with Gasteiger partial charge >= 0.3 is 0 Å². The Balaban J connectivity index is 1.95. The first-order valence-electron chi connectivity index (χ1n) is 7.70. The highest BCUT2D eigenvalue weighted by molar-refractivity contribution is 5.68. The summed E-state index contributed by atoms with van der Waals surface area (Å²) in [5.74, 6) is 3.42. The third-order valence-corrected chi connectivity index (χ3v) is 3.91. The van der Waals surface area contributed by atoms with Crippen molar-refractivity contribution < 1.29 is 18.9 Å². The van der Waals surface area contributed by atoms with Gasteiger partial charge in [0.2, 0.25) is 0 Å². The molecule has 1 N–H and O–H groups in total. The second-order valence-corrected chi connectivity index (χ2v) is 5.27. The Labute approximate surface area is 146 Å². The maximum Gasteiger partial charge on any atom is 0.161 e. The van der Waals surface area contributed by atoms with Crippen molar-refractivity contribution in [1.29, 1.82) is 0 Å². The number of H-pyrrole nitrogens is 1. The van der Waals surface area contributed by atoms with Gasteiger partial charge in [-0.3, -0.25) is 0 Å². The molecule has 0 radical (unpaired) electrons. The Morgan fingerprint density at radius 1 is 0.680 bits per heavy atom. The zero-order valence-electron chi connectivity index (χ0n) is 14.6. The van der Waals surface area contributed by atoms with E-state index in [-0.39, 0.29) is 0 Å². The number of aromatic nitrogens is 2. The van der Waals surface area contributed by atoms with Crippen LogP contribution in [-0.2, 0) is 0 Å². The summed E-state index contributed by atoms with van der Waals surface area (Å²) in [4.78, 5) is 7.86. The van der Waals surface area contributed by atoms with Crippen LogP contribution >= 0.6 is 0 Å². The van der Waals surface area contributed by atoms with Gasteiger partial charge in [0.05, 0.1) is 34.1 Å². The van der Waals surface area contributed by atoms with Crippen LogP contribution in [0.3, 0.4) is 0 Å². The van der Waals surface area contributed by atoms with E-state index < -0.39 is 0 Å². The lowest BCUT2D eigenvalue weighted by Gasteiger charge is -2.08.